The molecule has 0 saturated heterocycles. The average molecular weight is 248 g/mol. The van der Waals surface area contributed by atoms with Crippen molar-refractivity contribution < 1.29 is 0 Å². The Morgan fingerprint density at radius 2 is 1.94 bits per heavy atom. The maximum atomic E-state index is 5.96. The summed E-state index contributed by atoms with van der Waals surface area (Å²) < 4.78 is 4.25. The van der Waals surface area contributed by atoms with E-state index in [-0.39, 0.29) is 0 Å². The Labute approximate surface area is 105 Å². The molecule has 0 aliphatic carbocycles. The van der Waals surface area contributed by atoms with Crippen molar-refractivity contribution in [3.05, 3.63) is 24.5 Å². The molecule has 2 heterocycles. The molecule has 0 fully saturated rings. The first-order chi connectivity index (χ1) is 8.11. The number of nitrogen functional groups attached to an aromatic ring is 1. The van der Waals surface area contributed by atoms with E-state index >= 15 is 0 Å². The first kappa shape index (κ1) is 11.9. The second kappa shape index (κ2) is 4.71. The Morgan fingerprint density at radius 3 is 2.53 bits per heavy atom. The lowest BCUT2D eigenvalue weighted by atomic mass is 10.1. The molecule has 2 aromatic rings. The molecule has 5 heteroatoms. The van der Waals surface area contributed by atoms with Gasteiger partial charge in [-0.1, -0.05) is 0 Å². The van der Waals surface area contributed by atoms with Crippen LogP contribution < -0.4 is 10.6 Å². The van der Waals surface area contributed by atoms with Crippen LogP contribution in [0.15, 0.2) is 24.5 Å². The normalized spacial score (nSPS) is 10.8. The number of anilines is 2. The lowest BCUT2D eigenvalue weighted by Gasteiger charge is -2.22. The molecule has 2 N–H and O–H groups in total. The standard InChI is InChI=1S/C12H16N4S/c1-8(2)16(3)12-10(11(13)15-17-12)9-4-6-14-7-5-9/h4-8H,1-3H3,(H2,13,15). The van der Waals surface area contributed by atoms with Crippen LogP contribution in [0.2, 0.25) is 0 Å². The first-order valence-electron chi connectivity index (χ1n) is 5.49. The molecule has 0 unspecified atom stereocenters. The summed E-state index contributed by atoms with van der Waals surface area (Å²) in [5.41, 5.74) is 8.04. The summed E-state index contributed by atoms with van der Waals surface area (Å²) in [6, 6.07) is 4.32. The zero-order valence-corrected chi connectivity index (χ0v) is 11.0. The van der Waals surface area contributed by atoms with Gasteiger partial charge < -0.3 is 10.6 Å². The van der Waals surface area contributed by atoms with Crippen molar-refractivity contribution in [2.24, 2.45) is 0 Å². The van der Waals surface area contributed by atoms with Gasteiger partial charge in [-0.25, -0.2) is 0 Å². The summed E-state index contributed by atoms with van der Waals surface area (Å²) in [6.45, 7) is 4.29. The second-order valence-electron chi connectivity index (χ2n) is 4.19. The quantitative estimate of drug-likeness (QED) is 0.907. The van der Waals surface area contributed by atoms with Crippen molar-refractivity contribution in [3.8, 4) is 11.1 Å². The minimum Gasteiger partial charge on any atom is -0.382 e. The number of aromatic nitrogens is 2. The molecule has 0 spiro atoms. The zero-order valence-electron chi connectivity index (χ0n) is 10.2. The van der Waals surface area contributed by atoms with E-state index in [1.165, 1.54) is 11.5 Å². The number of pyridine rings is 1. The molecule has 0 radical (unpaired) electrons. The summed E-state index contributed by atoms with van der Waals surface area (Å²) in [7, 11) is 2.06. The molecule has 0 bridgehead atoms. The molecule has 0 saturated carbocycles. The molecule has 2 rings (SSSR count). The maximum Gasteiger partial charge on any atom is 0.147 e. The molecule has 0 aromatic carbocycles. The van der Waals surface area contributed by atoms with E-state index in [9.17, 15) is 0 Å². The molecule has 0 aliphatic rings. The van der Waals surface area contributed by atoms with Crippen LogP contribution in [0, 0.1) is 0 Å². The molecule has 90 valence electrons. The van der Waals surface area contributed by atoms with Crippen LogP contribution >= 0.6 is 11.5 Å². The van der Waals surface area contributed by atoms with Crippen molar-refractivity contribution in [2.75, 3.05) is 17.7 Å². The van der Waals surface area contributed by atoms with E-state index < -0.39 is 0 Å². The van der Waals surface area contributed by atoms with E-state index in [0.29, 0.717) is 11.9 Å². The SMILES string of the molecule is CC(C)N(C)c1snc(N)c1-c1ccncc1. The Kier molecular flexibility index (Phi) is 3.28. The predicted octanol–water partition coefficient (Wildman–Crippen LogP) is 2.63. The fourth-order valence-electron chi connectivity index (χ4n) is 1.56. The van der Waals surface area contributed by atoms with E-state index in [2.05, 4.69) is 35.2 Å². The Hall–Kier alpha value is -1.62. The molecular formula is C12H16N4S. The van der Waals surface area contributed by atoms with Crippen LogP contribution in [-0.4, -0.2) is 22.4 Å². The van der Waals surface area contributed by atoms with E-state index in [1.807, 2.05) is 12.1 Å². The highest BCUT2D eigenvalue weighted by atomic mass is 32.1. The van der Waals surface area contributed by atoms with Gasteiger partial charge in [0.15, 0.2) is 0 Å². The van der Waals surface area contributed by atoms with Gasteiger partial charge in [0, 0.05) is 25.5 Å². The third-order valence-electron chi connectivity index (χ3n) is 2.76. The lowest BCUT2D eigenvalue weighted by Crippen LogP contribution is -2.25. The zero-order chi connectivity index (χ0) is 12.4. The number of hydrogen-bond acceptors (Lipinski definition) is 5. The van der Waals surface area contributed by atoms with Crippen LogP contribution in [0.1, 0.15) is 13.8 Å². The van der Waals surface area contributed by atoms with E-state index in [0.717, 1.165) is 16.1 Å². The predicted molar refractivity (Wildman–Crippen MR) is 73.3 cm³/mol. The number of hydrogen-bond donors (Lipinski definition) is 1. The van der Waals surface area contributed by atoms with Crippen LogP contribution in [0.3, 0.4) is 0 Å². The smallest absolute Gasteiger partial charge is 0.147 e. The van der Waals surface area contributed by atoms with Gasteiger partial charge in [-0.2, -0.15) is 4.37 Å². The Morgan fingerprint density at radius 1 is 1.29 bits per heavy atom. The van der Waals surface area contributed by atoms with Gasteiger partial charge in [-0.3, -0.25) is 4.98 Å². The topological polar surface area (TPSA) is 55.0 Å². The molecule has 0 atom stereocenters. The minimum absolute atomic E-state index is 0.412. The molecule has 17 heavy (non-hydrogen) atoms. The number of rotatable bonds is 3. The number of nitrogens with zero attached hydrogens (tertiary/aromatic N) is 3. The molecule has 2 aromatic heterocycles. The molecule has 0 amide bonds. The summed E-state index contributed by atoms with van der Waals surface area (Å²) in [5, 5.41) is 1.10. The Bertz CT molecular complexity index is 492. The van der Waals surface area contributed by atoms with Gasteiger partial charge in [0.05, 0.1) is 5.56 Å². The van der Waals surface area contributed by atoms with Gasteiger partial charge in [-0.15, -0.1) is 0 Å². The largest absolute Gasteiger partial charge is 0.382 e. The van der Waals surface area contributed by atoms with E-state index in [1.54, 1.807) is 12.4 Å². The van der Waals surface area contributed by atoms with Crippen molar-refractivity contribution in [2.45, 2.75) is 19.9 Å². The fraction of sp³-hybridized carbons (Fsp3) is 0.333. The Balaban J connectivity index is 2.51. The van der Waals surface area contributed by atoms with E-state index in [4.69, 9.17) is 5.73 Å². The average Bonchev–Trinajstić information content (AvgIpc) is 2.71. The van der Waals surface area contributed by atoms with Gasteiger partial charge in [-0.05, 0) is 43.1 Å². The van der Waals surface area contributed by atoms with Gasteiger partial charge >= 0.3 is 0 Å². The summed E-state index contributed by atoms with van der Waals surface area (Å²) >= 11 is 1.44. The maximum absolute atomic E-state index is 5.96. The molecule has 4 nitrogen and oxygen atoms in total. The summed E-state index contributed by atoms with van der Waals surface area (Å²) in [4.78, 5) is 6.21. The molecular weight excluding hydrogens is 232 g/mol. The van der Waals surface area contributed by atoms with Crippen molar-refractivity contribution in [3.63, 3.8) is 0 Å². The first-order valence-corrected chi connectivity index (χ1v) is 6.27. The van der Waals surface area contributed by atoms with Gasteiger partial charge in [0.2, 0.25) is 0 Å². The highest BCUT2D eigenvalue weighted by Crippen LogP contribution is 2.39. The summed E-state index contributed by atoms with van der Waals surface area (Å²) in [5.74, 6) is 0.587. The second-order valence-corrected chi connectivity index (χ2v) is 4.94. The fourth-order valence-corrected chi connectivity index (χ4v) is 2.49. The summed E-state index contributed by atoms with van der Waals surface area (Å²) in [6.07, 6.45) is 3.54. The van der Waals surface area contributed by atoms with Crippen LogP contribution in [0.5, 0.6) is 0 Å². The number of nitrogens with two attached hydrogens (primary N) is 1. The highest BCUT2D eigenvalue weighted by molar-refractivity contribution is 7.11. The third-order valence-corrected chi connectivity index (χ3v) is 3.72. The van der Waals surface area contributed by atoms with Crippen molar-refractivity contribution in [1.82, 2.24) is 9.36 Å². The highest BCUT2D eigenvalue weighted by Gasteiger charge is 2.18. The van der Waals surface area contributed by atoms with Crippen LogP contribution in [0.4, 0.5) is 10.8 Å². The monoisotopic (exact) mass is 248 g/mol. The van der Waals surface area contributed by atoms with Crippen LogP contribution in [-0.2, 0) is 0 Å². The van der Waals surface area contributed by atoms with Crippen LogP contribution in [0.25, 0.3) is 11.1 Å². The minimum atomic E-state index is 0.412. The van der Waals surface area contributed by atoms with Gasteiger partial charge in [0.25, 0.3) is 0 Å². The molecule has 0 aliphatic heterocycles. The van der Waals surface area contributed by atoms with Crippen molar-refractivity contribution >= 4 is 22.4 Å². The lowest BCUT2D eigenvalue weighted by molar-refractivity contribution is 0.761. The third kappa shape index (κ3) is 2.24. The van der Waals surface area contributed by atoms with Crippen molar-refractivity contribution in [1.29, 1.82) is 0 Å². The van der Waals surface area contributed by atoms with Gasteiger partial charge in [0.1, 0.15) is 10.8 Å².